The Balaban J connectivity index is 1.70. The molecule has 8 nitrogen and oxygen atoms in total. The van der Waals surface area contributed by atoms with Gasteiger partial charge in [-0.2, -0.15) is 0 Å². The molecule has 0 spiro atoms. The van der Waals surface area contributed by atoms with Gasteiger partial charge in [0.05, 0.1) is 36.4 Å². The van der Waals surface area contributed by atoms with Gasteiger partial charge in [0.15, 0.2) is 16.6 Å². The van der Waals surface area contributed by atoms with E-state index in [0.29, 0.717) is 71.2 Å². The van der Waals surface area contributed by atoms with E-state index in [9.17, 15) is 4.79 Å². The number of imidazole rings is 1. The van der Waals surface area contributed by atoms with Crippen LogP contribution in [0.25, 0.3) is 10.2 Å². The van der Waals surface area contributed by atoms with Crippen LogP contribution in [0.4, 0.5) is 5.13 Å². The van der Waals surface area contributed by atoms with Crippen LogP contribution in [0.2, 0.25) is 5.02 Å². The number of anilines is 1. The smallest absolute Gasteiger partial charge is 0.260 e. The Bertz CT molecular complexity index is 1290. The molecular weight excluding hydrogens is 488 g/mol. The van der Waals surface area contributed by atoms with Crippen molar-refractivity contribution in [1.29, 1.82) is 0 Å². The molecule has 2 aromatic heterocycles. The van der Waals surface area contributed by atoms with Crippen LogP contribution in [-0.4, -0.2) is 47.3 Å². The van der Waals surface area contributed by atoms with E-state index in [0.717, 1.165) is 4.70 Å². The molecule has 0 atom stereocenters. The fraction of sp³-hybridized carbons (Fsp3) is 0.320. The molecule has 4 rings (SSSR count). The third-order valence-corrected chi connectivity index (χ3v) is 6.83. The summed E-state index contributed by atoms with van der Waals surface area (Å²) in [7, 11) is 1.59. The minimum Gasteiger partial charge on any atom is -0.494 e. The van der Waals surface area contributed by atoms with Gasteiger partial charge >= 0.3 is 0 Å². The summed E-state index contributed by atoms with van der Waals surface area (Å²) in [6.07, 6.45) is 6.10. The molecule has 184 valence electrons. The number of methoxy groups -OCH3 is 1. The summed E-state index contributed by atoms with van der Waals surface area (Å²) in [5, 5.41) is 1.11. The highest BCUT2D eigenvalue weighted by atomic mass is 35.5. The number of nitrogens with zero attached hydrogens (tertiary/aromatic N) is 4. The van der Waals surface area contributed by atoms with Gasteiger partial charge in [-0.3, -0.25) is 9.69 Å². The van der Waals surface area contributed by atoms with Gasteiger partial charge in [-0.05, 0) is 50.6 Å². The maximum atomic E-state index is 13.8. The summed E-state index contributed by atoms with van der Waals surface area (Å²) >= 11 is 7.81. The van der Waals surface area contributed by atoms with Gasteiger partial charge in [0, 0.05) is 31.0 Å². The van der Waals surface area contributed by atoms with Gasteiger partial charge in [-0.1, -0.05) is 22.9 Å². The van der Waals surface area contributed by atoms with Crippen LogP contribution in [-0.2, 0) is 6.54 Å². The third-order valence-electron chi connectivity index (χ3n) is 5.29. The number of aryl methyl sites for hydroxylation is 1. The van der Waals surface area contributed by atoms with Crippen LogP contribution >= 0.6 is 22.9 Å². The standard InChI is InChI=1S/C25H27ClN4O4S/c1-4-33-19-9-7-17(15-21(19)34-5-2)24(31)30(13-6-12-29-14-11-27-16-29)25-28-22-20(32-3)10-8-18(26)23(22)35-25/h7-11,14-16H,4-6,12-13H2,1-3H3. The van der Waals surface area contributed by atoms with Crippen LogP contribution < -0.4 is 19.1 Å². The van der Waals surface area contributed by atoms with Crippen molar-refractivity contribution in [2.45, 2.75) is 26.8 Å². The van der Waals surface area contributed by atoms with Crippen molar-refractivity contribution in [2.75, 3.05) is 31.8 Å². The van der Waals surface area contributed by atoms with E-state index in [2.05, 4.69) is 4.98 Å². The molecule has 0 bridgehead atoms. The maximum absolute atomic E-state index is 13.8. The average molecular weight is 515 g/mol. The van der Waals surface area contributed by atoms with E-state index in [1.165, 1.54) is 11.3 Å². The molecule has 0 radical (unpaired) electrons. The number of hydrogen-bond acceptors (Lipinski definition) is 7. The number of aromatic nitrogens is 3. The number of carbonyl (C=O) groups is 1. The van der Waals surface area contributed by atoms with Crippen LogP contribution in [0.1, 0.15) is 30.6 Å². The van der Waals surface area contributed by atoms with Crippen molar-refractivity contribution in [3.05, 3.63) is 59.6 Å². The summed E-state index contributed by atoms with van der Waals surface area (Å²) < 4.78 is 19.6. The molecule has 2 aromatic carbocycles. The third kappa shape index (κ3) is 5.52. The van der Waals surface area contributed by atoms with Crippen LogP contribution in [0.15, 0.2) is 49.1 Å². The molecule has 0 saturated heterocycles. The number of rotatable bonds is 11. The van der Waals surface area contributed by atoms with Gasteiger partial charge in [-0.15, -0.1) is 0 Å². The summed E-state index contributed by atoms with van der Waals surface area (Å²) in [6.45, 7) is 5.93. The van der Waals surface area contributed by atoms with Gasteiger partial charge in [0.2, 0.25) is 0 Å². The zero-order valence-corrected chi connectivity index (χ0v) is 21.4. The zero-order valence-electron chi connectivity index (χ0n) is 19.9. The first-order valence-electron chi connectivity index (χ1n) is 11.4. The number of ether oxygens (including phenoxy) is 3. The summed E-state index contributed by atoms with van der Waals surface area (Å²) in [6, 6.07) is 8.79. The van der Waals surface area contributed by atoms with Crippen molar-refractivity contribution >= 4 is 44.2 Å². The average Bonchev–Trinajstić information content (AvgIpc) is 3.54. The lowest BCUT2D eigenvalue weighted by Gasteiger charge is -2.21. The number of hydrogen-bond donors (Lipinski definition) is 0. The maximum Gasteiger partial charge on any atom is 0.260 e. The number of amides is 1. The fourth-order valence-electron chi connectivity index (χ4n) is 3.68. The van der Waals surface area contributed by atoms with E-state index in [4.69, 9.17) is 30.8 Å². The van der Waals surface area contributed by atoms with E-state index in [1.54, 1.807) is 54.9 Å². The highest BCUT2D eigenvalue weighted by Gasteiger charge is 2.24. The van der Waals surface area contributed by atoms with Gasteiger partial charge in [0.25, 0.3) is 5.91 Å². The zero-order chi connectivity index (χ0) is 24.8. The molecule has 4 aromatic rings. The summed E-state index contributed by atoms with van der Waals surface area (Å²) in [4.78, 5) is 24.3. The molecule has 1 amide bonds. The van der Waals surface area contributed by atoms with Crippen molar-refractivity contribution in [3.8, 4) is 17.2 Å². The van der Waals surface area contributed by atoms with Crippen LogP contribution in [0.5, 0.6) is 17.2 Å². The lowest BCUT2D eigenvalue weighted by Crippen LogP contribution is -2.32. The Morgan fingerprint density at radius 3 is 2.60 bits per heavy atom. The molecule has 0 aliphatic rings. The van der Waals surface area contributed by atoms with Crippen molar-refractivity contribution in [1.82, 2.24) is 14.5 Å². The first-order valence-corrected chi connectivity index (χ1v) is 12.5. The monoisotopic (exact) mass is 514 g/mol. The Labute approximate surface area is 213 Å². The number of thiazole rings is 1. The summed E-state index contributed by atoms with van der Waals surface area (Å²) in [5.74, 6) is 1.56. The van der Waals surface area contributed by atoms with Crippen molar-refractivity contribution in [3.63, 3.8) is 0 Å². The Hall–Kier alpha value is -3.30. The minimum absolute atomic E-state index is 0.186. The number of fused-ring (bicyclic) bond motifs is 1. The first kappa shape index (κ1) is 24.8. The van der Waals surface area contributed by atoms with E-state index in [1.807, 2.05) is 24.6 Å². The minimum atomic E-state index is -0.186. The van der Waals surface area contributed by atoms with Gasteiger partial charge in [-0.25, -0.2) is 9.97 Å². The Kier molecular flexibility index (Phi) is 8.09. The highest BCUT2D eigenvalue weighted by molar-refractivity contribution is 7.23. The second-order valence-electron chi connectivity index (χ2n) is 7.56. The summed E-state index contributed by atoms with van der Waals surface area (Å²) in [5.41, 5.74) is 1.12. The predicted molar refractivity (Wildman–Crippen MR) is 138 cm³/mol. The number of carbonyl (C=O) groups excluding carboxylic acids is 1. The molecule has 0 unspecified atom stereocenters. The number of halogens is 1. The quantitative estimate of drug-likeness (QED) is 0.256. The normalized spacial score (nSPS) is 11.0. The second-order valence-corrected chi connectivity index (χ2v) is 8.95. The van der Waals surface area contributed by atoms with Crippen LogP contribution in [0.3, 0.4) is 0 Å². The van der Waals surface area contributed by atoms with E-state index in [-0.39, 0.29) is 5.91 Å². The molecule has 0 aliphatic heterocycles. The van der Waals surface area contributed by atoms with E-state index < -0.39 is 0 Å². The van der Waals surface area contributed by atoms with E-state index >= 15 is 0 Å². The molecule has 2 heterocycles. The predicted octanol–water partition coefficient (Wildman–Crippen LogP) is 5.69. The molecule has 0 N–H and O–H groups in total. The van der Waals surface area contributed by atoms with Gasteiger partial charge < -0.3 is 18.8 Å². The largest absolute Gasteiger partial charge is 0.494 e. The SMILES string of the molecule is CCOc1ccc(C(=O)N(CCCn2ccnc2)c2nc3c(OC)ccc(Cl)c3s2)cc1OCC. The van der Waals surface area contributed by atoms with Crippen molar-refractivity contribution in [2.24, 2.45) is 0 Å². The molecular formula is C25H27ClN4O4S. The number of benzene rings is 2. The Morgan fingerprint density at radius 2 is 1.89 bits per heavy atom. The highest BCUT2D eigenvalue weighted by Crippen LogP contribution is 2.39. The second kappa shape index (κ2) is 11.4. The van der Waals surface area contributed by atoms with Gasteiger partial charge in [0.1, 0.15) is 11.3 Å². The van der Waals surface area contributed by atoms with Crippen LogP contribution in [0, 0.1) is 0 Å². The lowest BCUT2D eigenvalue weighted by atomic mass is 10.1. The first-order chi connectivity index (χ1) is 17.0. The van der Waals surface area contributed by atoms with Crippen molar-refractivity contribution < 1.29 is 19.0 Å². The topological polar surface area (TPSA) is 78.7 Å². The molecule has 0 aliphatic carbocycles. The molecule has 0 saturated carbocycles. The molecule has 0 fully saturated rings. The Morgan fingerprint density at radius 1 is 1.11 bits per heavy atom. The fourth-order valence-corrected chi connectivity index (χ4v) is 4.96. The lowest BCUT2D eigenvalue weighted by molar-refractivity contribution is 0.0985. The molecule has 35 heavy (non-hydrogen) atoms. The molecule has 10 heteroatoms.